The summed E-state index contributed by atoms with van der Waals surface area (Å²) in [6.07, 6.45) is 0. The molecule has 0 radical (unpaired) electrons. The molecule has 0 fully saturated rings. The van der Waals surface area contributed by atoms with Crippen LogP contribution in [0.2, 0.25) is 0 Å². The number of nitrogens with one attached hydrogen (secondary N) is 1. The van der Waals surface area contributed by atoms with E-state index in [-0.39, 0.29) is 10.5 Å². The van der Waals surface area contributed by atoms with Gasteiger partial charge in [-0.1, -0.05) is 36.4 Å². The molecule has 5 nitrogen and oxygen atoms in total. The monoisotopic (exact) mass is 330 g/mol. The number of benzene rings is 2. The fraction of sp³-hybridized carbons (Fsp3) is 0. The van der Waals surface area contributed by atoms with Crippen LogP contribution in [0.15, 0.2) is 65.8 Å². The van der Waals surface area contributed by atoms with Gasteiger partial charge < -0.3 is 0 Å². The number of anilines is 2. The highest BCUT2D eigenvalue weighted by atomic mass is 79.9. The summed E-state index contributed by atoms with van der Waals surface area (Å²) < 4.78 is -0.285. The van der Waals surface area contributed by atoms with Gasteiger partial charge in [-0.05, 0) is 24.3 Å². The van der Waals surface area contributed by atoms with Crippen molar-refractivity contribution in [2.75, 3.05) is 10.1 Å². The van der Waals surface area contributed by atoms with Crippen molar-refractivity contribution >= 4 is 37.8 Å². The van der Waals surface area contributed by atoms with Crippen LogP contribution in [0.3, 0.4) is 0 Å². The van der Waals surface area contributed by atoms with Crippen molar-refractivity contribution in [3.05, 3.63) is 60.7 Å². The van der Waals surface area contributed by atoms with Crippen molar-refractivity contribution in [3.8, 4) is 0 Å². The molecule has 1 heterocycles. The van der Waals surface area contributed by atoms with Gasteiger partial charge in [0.05, 0.1) is 11.4 Å². The fourth-order valence-corrected chi connectivity index (χ4v) is 2.21. The van der Waals surface area contributed by atoms with Crippen molar-refractivity contribution in [1.29, 1.82) is 0 Å². The molecule has 6 heteroatoms. The molecule has 0 aromatic heterocycles. The Hall–Kier alpha value is -2.34. The number of carbonyl (C=O) groups is 1. The van der Waals surface area contributed by atoms with Crippen LogP contribution >= 0.6 is 15.9 Å². The first kappa shape index (κ1) is 12.7. The average molecular weight is 331 g/mol. The zero-order valence-electron chi connectivity index (χ0n) is 10.4. The Morgan fingerprint density at radius 3 is 2.05 bits per heavy atom. The maximum Gasteiger partial charge on any atom is 0.267 e. The number of hydrazone groups is 1. The third-order valence-electron chi connectivity index (χ3n) is 2.83. The molecule has 2 aromatic carbocycles. The Morgan fingerprint density at radius 2 is 1.50 bits per heavy atom. The lowest BCUT2D eigenvalue weighted by atomic mass is 10.3. The van der Waals surface area contributed by atoms with Gasteiger partial charge in [0.2, 0.25) is 5.84 Å². The lowest BCUT2D eigenvalue weighted by molar-refractivity contribution is -0.105. The van der Waals surface area contributed by atoms with E-state index in [4.69, 9.17) is 0 Å². The molecule has 1 aliphatic rings. The second-order valence-corrected chi connectivity index (χ2v) is 4.82. The Bertz CT molecular complexity index is 645. The highest BCUT2D eigenvalue weighted by molar-refractivity contribution is 9.19. The van der Waals surface area contributed by atoms with E-state index < -0.39 is 0 Å². The van der Waals surface area contributed by atoms with E-state index in [0.717, 1.165) is 11.4 Å². The summed E-state index contributed by atoms with van der Waals surface area (Å²) in [5.41, 5.74) is 4.57. The van der Waals surface area contributed by atoms with E-state index in [1.165, 1.54) is 0 Å². The van der Waals surface area contributed by atoms with E-state index in [9.17, 15) is 4.79 Å². The molecule has 0 saturated heterocycles. The van der Waals surface area contributed by atoms with E-state index in [1.807, 2.05) is 60.7 Å². The van der Waals surface area contributed by atoms with Crippen LogP contribution in [0.25, 0.3) is 0 Å². The topological polar surface area (TPSA) is 47.9 Å². The van der Waals surface area contributed by atoms with Crippen LogP contribution in [-0.4, -0.2) is 10.5 Å². The SMILES string of the molecule is O=C(Br)C1=NNN(c2ccccc2)N1c1ccccc1. The number of amidine groups is 1. The van der Waals surface area contributed by atoms with Crippen molar-refractivity contribution in [3.63, 3.8) is 0 Å². The second-order valence-electron chi connectivity index (χ2n) is 4.10. The predicted octanol–water partition coefficient (Wildman–Crippen LogP) is 2.67. The summed E-state index contributed by atoms with van der Waals surface area (Å²) in [6.45, 7) is 0. The molecule has 100 valence electrons. The molecule has 0 atom stereocenters. The fourth-order valence-electron chi connectivity index (χ4n) is 1.96. The quantitative estimate of drug-likeness (QED) is 0.879. The van der Waals surface area contributed by atoms with Crippen molar-refractivity contribution in [2.45, 2.75) is 0 Å². The minimum Gasteiger partial charge on any atom is -0.277 e. The number of hydrazine groups is 2. The summed E-state index contributed by atoms with van der Waals surface area (Å²) in [5.74, 6) is 0.278. The van der Waals surface area contributed by atoms with E-state index in [1.54, 1.807) is 10.1 Å². The second kappa shape index (κ2) is 5.34. The highest BCUT2D eigenvalue weighted by Gasteiger charge is 2.31. The van der Waals surface area contributed by atoms with Crippen molar-refractivity contribution < 1.29 is 4.79 Å². The normalized spacial score (nSPS) is 13.9. The van der Waals surface area contributed by atoms with Gasteiger partial charge in [0, 0.05) is 15.9 Å². The molecule has 20 heavy (non-hydrogen) atoms. The maximum absolute atomic E-state index is 11.7. The maximum atomic E-state index is 11.7. The minimum absolute atomic E-state index is 0.278. The molecule has 0 saturated carbocycles. The predicted molar refractivity (Wildman–Crippen MR) is 82.3 cm³/mol. The molecule has 1 aliphatic heterocycles. The van der Waals surface area contributed by atoms with Gasteiger partial charge >= 0.3 is 0 Å². The van der Waals surface area contributed by atoms with Crippen LogP contribution in [0, 0.1) is 0 Å². The molecule has 0 aliphatic carbocycles. The molecule has 0 amide bonds. The van der Waals surface area contributed by atoms with Gasteiger partial charge in [-0.2, -0.15) is 10.7 Å². The van der Waals surface area contributed by atoms with Crippen LogP contribution in [-0.2, 0) is 4.79 Å². The Kier molecular flexibility index (Phi) is 3.39. The summed E-state index contributed by atoms with van der Waals surface area (Å²) in [5, 5.41) is 7.50. The van der Waals surface area contributed by atoms with Gasteiger partial charge in [-0.25, -0.2) is 5.01 Å². The van der Waals surface area contributed by atoms with Gasteiger partial charge in [-0.15, -0.1) is 5.10 Å². The van der Waals surface area contributed by atoms with Gasteiger partial charge in [0.15, 0.2) is 0 Å². The molecule has 0 unspecified atom stereocenters. The number of para-hydroxylation sites is 2. The summed E-state index contributed by atoms with van der Waals surface area (Å²) >= 11 is 2.96. The van der Waals surface area contributed by atoms with Gasteiger partial charge in [0.1, 0.15) is 0 Å². The molecular formula is C14H11BrN4O. The lowest BCUT2D eigenvalue weighted by Gasteiger charge is -2.29. The Morgan fingerprint density at radius 1 is 0.950 bits per heavy atom. The largest absolute Gasteiger partial charge is 0.277 e. The Balaban J connectivity index is 2.03. The molecule has 0 spiro atoms. The Labute approximate surface area is 124 Å². The van der Waals surface area contributed by atoms with Crippen molar-refractivity contribution in [1.82, 2.24) is 5.53 Å². The van der Waals surface area contributed by atoms with Crippen molar-refractivity contribution in [2.24, 2.45) is 5.10 Å². The highest BCUT2D eigenvalue weighted by Crippen LogP contribution is 2.25. The number of halogens is 1. The molecule has 3 rings (SSSR count). The number of hydrogen-bond acceptors (Lipinski definition) is 5. The summed E-state index contributed by atoms with van der Waals surface area (Å²) in [4.78, 5) is 11.7. The number of carbonyl (C=O) groups excluding carboxylic acids is 1. The smallest absolute Gasteiger partial charge is 0.267 e. The number of nitrogens with zero attached hydrogens (tertiary/aromatic N) is 3. The lowest BCUT2D eigenvalue weighted by Crippen LogP contribution is -2.47. The number of rotatable bonds is 3. The van der Waals surface area contributed by atoms with Gasteiger partial charge in [-0.3, -0.25) is 4.79 Å². The first-order valence-corrected chi connectivity index (χ1v) is 6.80. The third kappa shape index (κ3) is 2.25. The number of hydrogen-bond donors (Lipinski definition) is 1. The summed E-state index contributed by atoms with van der Waals surface area (Å²) in [6, 6.07) is 19.2. The third-order valence-corrected chi connectivity index (χ3v) is 3.18. The minimum atomic E-state index is -0.285. The standard InChI is InChI=1S/C14H11BrN4O/c15-13(20)14-16-17-19(12-9-5-2-6-10-12)18(14)11-7-3-1-4-8-11/h1-10,17H. The van der Waals surface area contributed by atoms with Crippen LogP contribution in [0.1, 0.15) is 0 Å². The zero-order chi connectivity index (χ0) is 13.9. The molecular weight excluding hydrogens is 320 g/mol. The molecule has 0 bridgehead atoms. The average Bonchev–Trinajstić information content (AvgIpc) is 2.94. The van der Waals surface area contributed by atoms with E-state index >= 15 is 0 Å². The first-order chi connectivity index (χ1) is 9.77. The van der Waals surface area contributed by atoms with E-state index in [0.29, 0.717) is 0 Å². The zero-order valence-corrected chi connectivity index (χ0v) is 12.0. The first-order valence-electron chi connectivity index (χ1n) is 6.01. The van der Waals surface area contributed by atoms with Gasteiger partial charge in [0.25, 0.3) is 4.69 Å². The summed E-state index contributed by atoms with van der Waals surface area (Å²) in [7, 11) is 0. The van der Waals surface area contributed by atoms with Crippen LogP contribution in [0.4, 0.5) is 11.4 Å². The molecule has 2 aromatic rings. The van der Waals surface area contributed by atoms with E-state index in [2.05, 4.69) is 26.6 Å². The van der Waals surface area contributed by atoms with Crippen LogP contribution in [0.5, 0.6) is 0 Å². The van der Waals surface area contributed by atoms with Crippen LogP contribution < -0.4 is 15.7 Å². The molecule has 1 N–H and O–H groups in total.